The summed E-state index contributed by atoms with van der Waals surface area (Å²) in [4.78, 5) is 18.6. The molecule has 1 aliphatic carbocycles. The van der Waals surface area contributed by atoms with Crippen LogP contribution in [0, 0.1) is 0 Å². The van der Waals surface area contributed by atoms with Gasteiger partial charge in [0.1, 0.15) is 0 Å². The Morgan fingerprint density at radius 3 is 2.18 bits per heavy atom. The molecule has 0 aromatic heterocycles. The normalized spacial score (nSPS) is 18.7. The van der Waals surface area contributed by atoms with E-state index in [4.69, 9.17) is 0 Å². The third kappa shape index (κ3) is 4.66. The van der Waals surface area contributed by atoms with E-state index in [0.29, 0.717) is 30.4 Å². The molecule has 4 nitrogen and oxygen atoms in total. The van der Waals surface area contributed by atoms with Gasteiger partial charge in [0.25, 0.3) is 5.91 Å². The topological polar surface area (TPSA) is 44.7 Å². The number of aliphatic imine (C=N–C) groups is 1. The Morgan fingerprint density at radius 2 is 1.68 bits per heavy atom. The molecule has 0 radical (unpaired) electrons. The van der Waals surface area contributed by atoms with Gasteiger partial charge in [0.2, 0.25) is 0 Å². The van der Waals surface area contributed by atoms with Gasteiger partial charge in [-0.1, -0.05) is 0 Å². The van der Waals surface area contributed by atoms with Crippen LogP contribution in [0.5, 0.6) is 0 Å². The predicted octanol–water partition coefficient (Wildman–Crippen LogP) is 4.23. The summed E-state index contributed by atoms with van der Waals surface area (Å²) in [6, 6.07) is 0.571. The largest absolute Gasteiger partial charge is 0.416 e. The Kier molecular flexibility index (Phi) is 5.16. The molecule has 1 aromatic rings. The van der Waals surface area contributed by atoms with Gasteiger partial charge in [0.05, 0.1) is 29.4 Å². The van der Waals surface area contributed by atoms with Crippen LogP contribution in [0.25, 0.3) is 0 Å². The number of nitrogens with zero attached hydrogens (tertiary/aromatic N) is 2. The summed E-state index contributed by atoms with van der Waals surface area (Å²) in [7, 11) is 0. The third-order valence-corrected chi connectivity index (χ3v) is 4.56. The molecule has 1 amide bonds. The fourth-order valence-corrected chi connectivity index (χ4v) is 2.85. The monoisotopic (exact) mass is 405 g/mol. The lowest BCUT2D eigenvalue weighted by Crippen LogP contribution is -2.44. The Balaban J connectivity index is 1.79. The minimum atomic E-state index is -5.01. The van der Waals surface area contributed by atoms with Gasteiger partial charge >= 0.3 is 12.4 Å². The fourth-order valence-electron chi connectivity index (χ4n) is 2.85. The average Bonchev–Trinajstić information content (AvgIpc) is 3.45. The lowest BCUT2D eigenvalue weighted by atomic mass is 10.0. The molecular weight excluding hydrogens is 388 g/mol. The highest BCUT2D eigenvalue weighted by molar-refractivity contribution is 6.00. The molecule has 2 aliphatic rings. The first-order valence-electron chi connectivity index (χ1n) is 8.54. The molecule has 0 bridgehead atoms. The second kappa shape index (κ2) is 7.14. The Labute approximate surface area is 156 Å². The Morgan fingerprint density at radius 1 is 1.11 bits per heavy atom. The summed E-state index contributed by atoms with van der Waals surface area (Å²) in [5.74, 6) is -1.03. The molecule has 28 heavy (non-hydrogen) atoms. The van der Waals surface area contributed by atoms with Gasteiger partial charge in [0.15, 0.2) is 0 Å². The molecule has 3 rings (SSSR count). The molecule has 152 valence electrons. The maximum Gasteiger partial charge on any atom is 0.416 e. The van der Waals surface area contributed by atoms with E-state index in [1.165, 1.54) is 0 Å². The summed E-state index contributed by atoms with van der Waals surface area (Å²) < 4.78 is 77.7. The van der Waals surface area contributed by atoms with Crippen LogP contribution in [0.15, 0.2) is 35.6 Å². The standard InChI is InChI=1S/C18H17F6N3O/c1-10(15-9-27(5-4-25-15)14-2-3-14)26-16(28)11-6-12(17(19,20)21)8-13(7-11)18(22,23)24/h4-8,10,14H,2-3,9H2,1H3,(H,26,28). The number of carbonyl (C=O) groups is 1. The fraction of sp³-hybridized carbons (Fsp3) is 0.444. The average molecular weight is 405 g/mol. The van der Waals surface area contributed by atoms with Gasteiger partial charge < -0.3 is 10.2 Å². The second-order valence-electron chi connectivity index (χ2n) is 6.81. The Bertz CT molecular complexity index is 791. The van der Waals surface area contributed by atoms with Crippen LogP contribution < -0.4 is 5.32 Å². The predicted molar refractivity (Wildman–Crippen MR) is 89.7 cm³/mol. The van der Waals surface area contributed by atoms with Crippen LogP contribution in [-0.2, 0) is 12.4 Å². The smallest absolute Gasteiger partial charge is 0.367 e. The highest BCUT2D eigenvalue weighted by Crippen LogP contribution is 2.36. The number of alkyl halides is 6. The molecule has 1 heterocycles. The van der Waals surface area contributed by atoms with Crippen molar-refractivity contribution in [2.24, 2.45) is 4.99 Å². The van der Waals surface area contributed by atoms with Crippen LogP contribution >= 0.6 is 0 Å². The third-order valence-electron chi connectivity index (χ3n) is 4.56. The van der Waals surface area contributed by atoms with E-state index in [9.17, 15) is 31.1 Å². The highest BCUT2D eigenvalue weighted by atomic mass is 19.4. The van der Waals surface area contributed by atoms with E-state index >= 15 is 0 Å². The van der Waals surface area contributed by atoms with Gasteiger partial charge in [-0.05, 0) is 38.0 Å². The maximum atomic E-state index is 12.9. The number of halogens is 6. The van der Waals surface area contributed by atoms with Crippen molar-refractivity contribution in [3.63, 3.8) is 0 Å². The van der Waals surface area contributed by atoms with Crippen LogP contribution in [0.3, 0.4) is 0 Å². The summed E-state index contributed by atoms with van der Waals surface area (Å²) in [5, 5.41) is 2.44. The molecule has 1 aliphatic heterocycles. The van der Waals surface area contributed by atoms with Crippen molar-refractivity contribution in [3.8, 4) is 0 Å². The molecular formula is C18H17F6N3O. The number of hydrogen-bond donors (Lipinski definition) is 1. The summed E-state index contributed by atoms with van der Waals surface area (Å²) in [5.41, 5.74) is -3.19. The van der Waals surface area contributed by atoms with Crippen molar-refractivity contribution in [2.45, 2.75) is 44.2 Å². The van der Waals surface area contributed by atoms with E-state index in [-0.39, 0.29) is 6.07 Å². The zero-order valence-corrected chi connectivity index (χ0v) is 14.7. The quantitative estimate of drug-likeness (QED) is 0.762. The van der Waals surface area contributed by atoms with Crippen LogP contribution in [0.2, 0.25) is 0 Å². The van der Waals surface area contributed by atoms with Crippen molar-refractivity contribution in [1.82, 2.24) is 10.2 Å². The van der Waals surface area contributed by atoms with E-state index in [0.717, 1.165) is 12.8 Å². The minimum absolute atomic E-state index is 0.0102. The Hall–Kier alpha value is -2.52. The SMILES string of the molecule is CC(NC(=O)c1cc(C(F)(F)F)cc(C(F)(F)F)c1)C1=NC=CN(C2CC2)C1. The number of rotatable bonds is 4. The van der Waals surface area contributed by atoms with Crippen molar-refractivity contribution >= 4 is 11.6 Å². The number of nitrogens with one attached hydrogen (secondary N) is 1. The molecule has 1 saturated carbocycles. The molecule has 10 heteroatoms. The molecule has 1 fully saturated rings. The molecule has 0 spiro atoms. The second-order valence-corrected chi connectivity index (χ2v) is 6.81. The van der Waals surface area contributed by atoms with Crippen molar-refractivity contribution in [3.05, 3.63) is 47.3 Å². The van der Waals surface area contributed by atoms with E-state index < -0.39 is 41.0 Å². The minimum Gasteiger partial charge on any atom is -0.367 e. The molecule has 1 atom stereocenters. The summed E-state index contributed by atoms with van der Waals surface area (Å²) >= 11 is 0. The maximum absolute atomic E-state index is 12.9. The van der Waals surface area contributed by atoms with E-state index in [1.54, 1.807) is 13.1 Å². The molecule has 1 aromatic carbocycles. The lowest BCUT2D eigenvalue weighted by Gasteiger charge is -2.27. The first kappa shape index (κ1) is 20.2. The van der Waals surface area contributed by atoms with E-state index in [2.05, 4.69) is 10.3 Å². The van der Waals surface area contributed by atoms with Crippen LogP contribution in [0.4, 0.5) is 26.3 Å². The van der Waals surface area contributed by atoms with Gasteiger partial charge in [0, 0.05) is 24.0 Å². The van der Waals surface area contributed by atoms with Crippen LogP contribution in [0.1, 0.15) is 41.3 Å². The molecule has 0 saturated heterocycles. The lowest BCUT2D eigenvalue weighted by molar-refractivity contribution is -0.143. The highest BCUT2D eigenvalue weighted by Gasteiger charge is 2.37. The van der Waals surface area contributed by atoms with Gasteiger partial charge in [-0.2, -0.15) is 26.3 Å². The number of carbonyl (C=O) groups excluding carboxylic acids is 1. The van der Waals surface area contributed by atoms with Gasteiger partial charge in [-0.25, -0.2) is 0 Å². The first-order valence-corrected chi connectivity index (χ1v) is 8.54. The zero-order valence-electron chi connectivity index (χ0n) is 14.7. The molecule has 1 unspecified atom stereocenters. The van der Waals surface area contributed by atoms with Crippen molar-refractivity contribution in [2.75, 3.05) is 6.54 Å². The van der Waals surface area contributed by atoms with Crippen molar-refractivity contribution < 1.29 is 31.1 Å². The van der Waals surface area contributed by atoms with Crippen LogP contribution in [-0.4, -0.2) is 35.1 Å². The first-order chi connectivity index (χ1) is 12.9. The summed E-state index contributed by atoms with van der Waals surface area (Å²) in [6.45, 7) is 2.03. The summed E-state index contributed by atoms with van der Waals surface area (Å²) in [6.07, 6.45) is -4.55. The van der Waals surface area contributed by atoms with E-state index in [1.807, 2.05) is 11.1 Å². The number of hydrogen-bond acceptors (Lipinski definition) is 3. The zero-order chi connectivity index (χ0) is 20.7. The number of benzene rings is 1. The van der Waals surface area contributed by atoms with Crippen molar-refractivity contribution in [1.29, 1.82) is 0 Å². The van der Waals surface area contributed by atoms with Gasteiger partial charge in [-0.15, -0.1) is 0 Å². The number of amides is 1. The molecule has 1 N–H and O–H groups in total. The van der Waals surface area contributed by atoms with Gasteiger partial charge in [-0.3, -0.25) is 9.79 Å².